The van der Waals surface area contributed by atoms with Crippen molar-refractivity contribution in [1.29, 1.82) is 0 Å². The molecule has 3 rings (SSSR count). The molecule has 0 aliphatic carbocycles. The minimum Gasteiger partial charge on any atom is -0.497 e. The number of hydrogen-bond donors (Lipinski definition) is 0. The number of hydrogen-bond acceptors (Lipinski definition) is 3. The van der Waals surface area contributed by atoms with Crippen molar-refractivity contribution in [2.75, 3.05) is 7.11 Å². The maximum atomic E-state index is 11.4. The number of benzene rings is 3. The molecule has 110 valence electrons. The third-order valence-corrected chi connectivity index (χ3v) is 3.54. The third-order valence-electron chi connectivity index (χ3n) is 3.54. The Bertz CT molecular complexity index is 794. The summed E-state index contributed by atoms with van der Waals surface area (Å²) in [5, 5.41) is 1.81. The van der Waals surface area contributed by atoms with E-state index in [2.05, 4.69) is 0 Å². The van der Waals surface area contributed by atoms with Gasteiger partial charge >= 0.3 is 0 Å². The van der Waals surface area contributed by atoms with E-state index in [1.807, 2.05) is 54.6 Å². The van der Waals surface area contributed by atoms with E-state index in [1.165, 1.54) is 0 Å². The van der Waals surface area contributed by atoms with Gasteiger partial charge in [-0.05, 0) is 40.6 Å². The molecule has 3 heteroatoms. The first kappa shape index (κ1) is 14.1. The standard InChI is InChI=1S/C19H16O3/c1-21-17-8-7-15-9-18(10-16(12-20)19(15)11-17)22-13-14-5-3-2-4-6-14/h2-12H,13H2,1H3. The fourth-order valence-electron chi connectivity index (χ4n) is 2.39. The molecule has 3 nitrogen and oxygen atoms in total. The highest BCUT2D eigenvalue weighted by Crippen LogP contribution is 2.28. The van der Waals surface area contributed by atoms with Gasteiger partial charge in [-0.25, -0.2) is 0 Å². The van der Waals surface area contributed by atoms with Crippen LogP contribution in [0.5, 0.6) is 11.5 Å². The van der Waals surface area contributed by atoms with Crippen LogP contribution in [0.4, 0.5) is 0 Å². The van der Waals surface area contributed by atoms with Gasteiger partial charge in [-0.2, -0.15) is 0 Å². The van der Waals surface area contributed by atoms with Gasteiger partial charge in [-0.1, -0.05) is 36.4 Å². The van der Waals surface area contributed by atoms with Crippen molar-refractivity contribution in [1.82, 2.24) is 0 Å². The average Bonchev–Trinajstić information content (AvgIpc) is 2.59. The normalized spacial score (nSPS) is 10.4. The number of rotatable bonds is 5. The molecule has 0 spiro atoms. The molecule has 0 aromatic heterocycles. The second kappa shape index (κ2) is 6.31. The van der Waals surface area contributed by atoms with Crippen molar-refractivity contribution in [3.8, 4) is 11.5 Å². The summed E-state index contributed by atoms with van der Waals surface area (Å²) in [7, 11) is 1.61. The fraction of sp³-hybridized carbons (Fsp3) is 0.105. The van der Waals surface area contributed by atoms with Gasteiger partial charge in [0, 0.05) is 5.56 Å². The van der Waals surface area contributed by atoms with Crippen LogP contribution in [-0.4, -0.2) is 13.4 Å². The highest BCUT2D eigenvalue weighted by molar-refractivity contribution is 5.99. The van der Waals surface area contributed by atoms with Crippen molar-refractivity contribution in [2.45, 2.75) is 6.61 Å². The Morgan fingerprint density at radius 3 is 2.50 bits per heavy atom. The van der Waals surface area contributed by atoms with Crippen molar-refractivity contribution >= 4 is 17.1 Å². The highest BCUT2D eigenvalue weighted by atomic mass is 16.5. The molecular weight excluding hydrogens is 276 g/mol. The summed E-state index contributed by atoms with van der Waals surface area (Å²) in [5.41, 5.74) is 1.68. The Balaban J connectivity index is 1.92. The molecule has 22 heavy (non-hydrogen) atoms. The van der Waals surface area contributed by atoms with E-state index in [4.69, 9.17) is 9.47 Å². The van der Waals surface area contributed by atoms with Gasteiger partial charge in [0.1, 0.15) is 18.1 Å². The van der Waals surface area contributed by atoms with Crippen LogP contribution < -0.4 is 9.47 Å². The quantitative estimate of drug-likeness (QED) is 0.660. The predicted octanol–water partition coefficient (Wildman–Crippen LogP) is 4.24. The van der Waals surface area contributed by atoms with E-state index in [0.29, 0.717) is 17.9 Å². The van der Waals surface area contributed by atoms with E-state index < -0.39 is 0 Å². The fourth-order valence-corrected chi connectivity index (χ4v) is 2.39. The van der Waals surface area contributed by atoms with Gasteiger partial charge in [0.15, 0.2) is 6.29 Å². The summed E-state index contributed by atoms with van der Waals surface area (Å²) in [6, 6.07) is 19.3. The molecule has 0 heterocycles. The SMILES string of the molecule is COc1ccc2cc(OCc3ccccc3)cc(C=O)c2c1. The van der Waals surface area contributed by atoms with E-state index in [0.717, 1.165) is 28.4 Å². The summed E-state index contributed by atoms with van der Waals surface area (Å²) in [6.07, 6.45) is 0.844. The van der Waals surface area contributed by atoms with E-state index in [-0.39, 0.29) is 0 Å². The Morgan fingerprint density at radius 2 is 1.77 bits per heavy atom. The van der Waals surface area contributed by atoms with Crippen molar-refractivity contribution in [2.24, 2.45) is 0 Å². The first-order valence-electron chi connectivity index (χ1n) is 7.04. The molecule has 0 fully saturated rings. The Hall–Kier alpha value is -2.81. The minimum absolute atomic E-state index is 0.473. The van der Waals surface area contributed by atoms with Crippen molar-refractivity contribution < 1.29 is 14.3 Å². The molecule has 0 bridgehead atoms. The first-order chi connectivity index (χ1) is 10.8. The number of aldehydes is 1. The molecule has 0 saturated heterocycles. The molecule has 0 N–H and O–H groups in total. The van der Waals surface area contributed by atoms with Crippen LogP contribution in [0.25, 0.3) is 10.8 Å². The minimum atomic E-state index is 0.473. The smallest absolute Gasteiger partial charge is 0.150 e. The van der Waals surface area contributed by atoms with Crippen LogP contribution in [0.15, 0.2) is 60.7 Å². The van der Waals surface area contributed by atoms with E-state index >= 15 is 0 Å². The lowest BCUT2D eigenvalue weighted by molar-refractivity contribution is 0.112. The molecule has 3 aromatic rings. The average molecular weight is 292 g/mol. The van der Waals surface area contributed by atoms with Gasteiger partial charge in [0.2, 0.25) is 0 Å². The lowest BCUT2D eigenvalue weighted by atomic mass is 10.0. The Labute approximate surface area is 129 Å². The molecule has 0 radical (unpaired) electrons. The predicted molar refractivity (Wildman–Crippen MR) is 86.7 cm³/mol. The topological polar surface area (TPSA) is 35.5 Å². The van der Waals surface area contributed by atoms with Gasteiger partial charge < -0.3 is 9.47 Å². The Morgan fingerprint density at radius 1 is 0.955 bits per heavy atom. The molecule has 0 aliphatic rings. The summed E-state index contributed by atoms with van der Waals surface area (Å²) >= 11 is 0. The second-order valence-corrected chi connectivity index (χ2v) is 4.99. The van der Waals surface area contributed by atoms with Gasteiger partial charge in [0.05, 0.1) is 7.11 Å². The van der Waals surface area contributed by atoms with E-state index in [9.17, 15) is 4.79 Å². The number of ether oxygens (including phenoxy) is 2. The number of carbonyl (C=O) groups excluding carboxylic acids is 1. The van der Waals surface area contributed by atoms with Crippen LogP contribution in [0.2, 0.25) is 0 Å². The monoisotopic (exact) mass is 292 g/mol. The zero-order valence-electron chi connectivity index (χ0n) is 12.3. The maximum absolute atomic E-state index is 11.4. The first-order valence-corrected chi connectivity index (χ1v) is 7.04. The Kier molecular flexibility index (Phi) is 4.05. The zero-order chi connectivity index (χ0) is 15.4. The van der Waals surface area contributed by atoms with Crippen molar-refractivity contribution in [3.63, 3.8) is 0 Å². The second-order valence-electron chi connectivity index (χ2n) is 4.99. The van der Waals surface area contributed by atoms with Crippen molar-refractivity contribution in [3.05, 3.63) is 71.8 Å². The van der Waals surface area contributed by atoms with Gasteiger partial charge in [-0.3, -0.25) is 4.79 Å². The van der Waals surface area contributed by atoms with Crippen LogP contribution in [0.1, 0.15) is 15.9 Å². The van der Waals surface area contributed by atoms with Gasteiger partial charge in [-0.15, -0.1) is 0 Å². The molecule has 3 aromatic carbocycles. The lowest BCUT2D eigenvalue weighted by Gasteiger charge is -2.10. The number of fused-ring (bicyclic) bond motifs is 1. The zero-order valence-corrected chi connectivity index (χ0v) is 12.3. The van der Waals surface area contributed by atoms with Crippen LogP contribution >= 0.6 is 0 Å². The number of carbonyl (C=O) groups is 1. The lowest BCUT2D eigenvalue weighted by Crippen LogP contribution is -1.96. The maximum Gasteiger partial charge on any atom is 0.150 e. The largest absolute Gasteiger partial charge is 0.497 e. The van der Waals surface area contributed by atoms with Crippen LogP contribution in [0, 0.1) is 0 Å². The highest BCUT2D eigenvalue weighted by Gasteiger charge is 2.06. The molecule has 0 aliphatic heterocycles. The van der Waals surface area contributed by atoms with Crippen LogP contribution in [-0.2, 0) is 6.61 Å². The molecule has 0 amide bonds. The summed E-state index contributed by atoms with van der Waals surface area (Å²) < 4.78 is 11.0. The summed E-state index contributed by atoms with van der Waals surface area (Å²) in [5.74, 6) is 1.41. The van der Waals surface area contributed by atoms with E-state index in [1.54, 1.807) is 13.2 Å². The third kappa shape index (κ3) is 2.93. The summed E-state index contributed by atoms with van der Waals surface area (Å²) in [6.45, 7) is 0.473. The molecule has 0 unspecified atom stereocenters. The molecule has 0 atom stereocenters. The summed E-state index contributed by atoms with van der Waals surface area (Å²) in [4.78, 5) is 11.4. The van der Waals surface area contributed by atoms with Gasteiger partial charge in [0.25, 0.3) is 0 Å². The van der Waals surface area contributed by atoms with Crippen LogP contribution in [0.3, 0.4) is 0 Å². The number of methoxy groups -OCH3 is 1. The molecule has 0 saturated carbocycles. The molecular formula is C19H16O3.